The van der Waals surface area contributed by atoms with E-state index in [0.29, 0.717) is 24.9 Å². The van der Waals surface area contributed by atoms with Crippen LogP contribution in [-0.2, 0) is 11.3 Å². The first-order valence-electron chi connectivity index (χ1n) is 7.63. The lowest BCUT2D eigenvalue weighted by Gasteiger charge is -2.36. The third kappa shape index (κ3) is 4.46. The number of ether oxygens (including phenoxy) is 1. The molecular weight excluding hydrogens is 268 g/mol. The van der Waals surface area contributed by atoms with Crippen LogP contribution < -0.4 is 5.32 Å². The van der Waals surface area contributed by atoms with E-state index in [1.807, 2.05) is 21.8 Å². The monoisotopic (exact) mass is 294 g/mol. The molecule has 1 aliphatic heterocycles. The summed E-state index contributed by atoms with van der Waals surface area (Å²) in [4.78, 5) is 14.1. The second-order valence-corrected chi connectivity index (χ2v) is 6.01. The number of nitrogens with one attached hydrogen (secondary N) is 1. The molecule has 0 radical (unpaired) electrons. The molecule has 1 aromatic heterocycles. The molecule has 3 unspecified atom stereocenters. The van der Waals surface area contributed by atoms with Gasteiger partial charge < -0.3 is 15.0 Å². The minimum Gasteiger partial charge on any atom is -0.379 e. The van der Waals surface area contributed by atoms with Crippen LogP contribution in [-0.4, -0.2) is 53.6 Å². The largest absolute Gasteiger partial charge is 0.379 e. The van der Waals surface area contributed by atoms with Crippen molar-refractivity contribution in [3.05, 3.63) is 18.5 Å². The highest BCUT2D eigenvalue weighted by Crippen LogP contribution is 2.19. The number of carbonyl (C=O) groups is 1. The summed E-state index contributed by atoms with van der Waals surface area (Å²) >= 11 is 0. The maximum absolute atomic E-state index is 12.2. The van der Waals surface area contributed by atoms with Gasteiger partial charge in [-0.2, -0.15) is 5.10 Å². The van der Waals surface area contributed by atoms with Gasteiger partial charge in [-0.15, -0.1) is 0 Å². The molecule has 6 heteroatoms. The predicted molar refractivity (Wildman–Crippen MR) is 80.9 cm³/mol. The van der Waals surface area contributed by atoms with E-state index in [9.17, 15) is 4.79 Å². The number of hydrogen-bond acceptors (Lipinski definition) is 3. The third-order valence-corrected chi connectivity index (χ3v) is 4.14. The van der Waals surface area contributed by atoms with Crippen molar-refractivity contribution in [3.63, 3.8) is 0 Å². The highest BCUT2D eigenvalue weighted by atomic mass is 16.5. The van der Waals surface area contributed by atoms with Crippen LogP contribution in [0.15, 0.2) is 18.5 Å². The van der Waals surface area contributed by atoms with E-state index in [-0.39, 0.29) is 12.1 Å². The van der Waals surface area contributed by atoms with Gasteiger partial charge in [0.05, 0.1) is 6.10 Å². The van der Waals surface area contributed by atoms with Gasteiger partial charge in [-0.25, -0.2) is 4.79 Å². The molecule has 3 atom stereocenters. The Morgan fingerprint density at radius 3 is 3.05 bits per heavy atom. The molecule has 2 rings (SSSR count). The van der Waals surface area contributed by atoms with E-state index in [4.69, 9.17) is 4.74 Å². The summed E-state index contributed by atoms with van der Waals surface area (Å²) < 4.78 is 7.34. The van der Waals surface area contributed by atoms with Crippen molar-refractivity contribution < 1.29 is 9.53 Å². The van der Waals surface area contributed by atoms with Crippen LogP contribution >= 0.6 is 0 Å². The van der Waals surface area contributed by atoms with Gasteiger partial charge >= 0.3 is 6.03 Å². The number of nitrogens with zero attached hydrogens (tertiary/aromatic N) is 3. The maximum atomic E-state index is 12.2. The van der Waals surface area contributed by atoms with Crippen molar-refractivity contribution >= 4 is 6.03 Å². The fraction of sp³-hybridized carbons (Fsp3) is 0.733. The van der Waals surface area contributed by atoms with E-state index in [1.165, 1.54) is 0 Å². The number of methoxy groups -OCH3 is 1. The van der Waals surface area contributed by atoms with Gasteiger partial charge in [0.1, 0.15) is 0 Å². The number of urea groups is 1. The zero-order valence-electron chi connectivity index (χ0n) is 13.2. The Balaban J connectivity index is 1.74. The molecule has 0 aliphatic carbocycles. The average Bonchev–Trinajstić information content (AvgIpc) is 2.98. The normalized spacial score (nSPS) is 23.9. The number of aromatic nitrogens is 2. The van der Waals surface area contributed by atoms with Gasteiger partial charge in [-0.05, 0) is 24.3 Å². The molecule has 2 heterocycles. The highest BCUT2D eigenvalue weighted by molar-refractivity contribution is 5.74. The molecule has 0 spiro atoms. The molecule has 21 heavy (non-hydrogen) atoms. The molecule has 1 fully saturated rings. The van der Waals surface area contributed by atoms with E-state index in [2.05, 4.69) is 24.3 Å². The fourth-order valence-corrected chi connectivity index (χ4v) is 2.69. The first-order valence-corrected chi connectivity index (χ1v) is 7.63. The molecule has 6 nitrogen and oxygen atoms in total. The second-order valence-electron chi connectivity index (χ2n) is 6.01. The fourth-order valence-electron chi connectivity index (χ4n) is 2.69. The van der Waals surface area contributed by atoms with Crippen LogP contribution in [0, 0.1) is 11.8 Å². The van der Waals surface area contributed by atoms with E-state index in [0.717, 1.165) is 19.5 Å². The maximum Gasteiger partial charge on any atom is 0.317 e. The van der Waals surface area contributed by atoms with Gasteiger partial charge in [-0.3, -0.25) is 4.68 Å². The average molecular weight is 294 g/mol. The van der Waals surface area contributed by atoms with Crippen LogP contribution in [0.5, 0.6) is 0 Å². The summed E-state index contributed by atoms with van der Waals surface area (Å²) in [6.45, 7) is 7.23. The van der Waals surface area contributed by atoms with Crippen molar-refractivity contribution in [2.24, 2.45) is 11.8 Å². The Bertz CT molecular complexity index is 435. The van der Waals surface area contributed by atoms with Crippen LogP contribution in [0.1, 0.15) is 20.3 Å². The van der Waals surface area contributed by atoms with E-state index >= 15 is 0 Å². The molecule has 2 amide bonds. The Hall–Kier alpha value is -1.56. The molecule has 1 aliphatic rings. The lowest BCUT2D eigenvalue weighted by atomic mass is 9.96. The van der Waals surface area contributed by atoms with Gasteiger partial charge in [0.15, 0.2) is 0 Å². The topological polar surface area (TPSA) is 59.4 Å². The first-order chi connectivity index (χ1) is 10.1. The highest BCUT2D eigenvalue weighted by Gasteiger charge is 2.28. The van der Waals surface area contributed by atoms with Gasteiger partial charge in [0.2, 0.25) is 0 Å². The number of rotatable bonds is 5. The molecule has 118 valence electrons. The van der Waals surface area contributed by atoms with Crippen molar-refractivity contribution in [2.45, 2.75) is 32.9 Å². The number of carbonyl (C=O) groups excluding carboxylic acids is 1. The van der Waals surface area contributed by atoms with Crippen molar-refractivity contribution in [2.75, 3.05) is 26.7 Å². The summed E-state index contributed by atoms with van der Waals surface area (Å²) in [6, 6.07) is 1.92. The third-order valence-electron chi connectivity index (χ3n) is 4.14. The quantitative estimate of drug-likeness (QED) is 0.897. The van der Waals surface area contributed by atoms with Crippen molar-refractivity contribution in [1.82, 2.24) is 20.0 Å². The molecule has 1 saturated heterocycles. The number of amides is 2. The number of hydrogen-bond donors (Lipinski definition) is 1. The lowest BCUT2D eigenvalue weighted by Crippen LogP contribution is -2.50. The summed E-state index contributed by atoms with van der Waals surface area (Å²) in [7, 11) is 1.72. The van der Waals surface area contributed by atoms with Crippen LogP contribution in [0.2, 0.25) is 0 Å². The summed E-state index contributed by atoms with van der Waals surface area (Å²) in [5.41, 5.74) is 0. The first kappa shape index (κ1) is 15.8. The van der Waals surface area contributed by atoms with E-state index in [1.54, 1.807) is 13.3 Å². The van der Waals surface area contributed by atoms with Crippen LogP contribution in [0.25, 0.3) is 0 Å². The van der Waals surface area contributed by atoms with E-state index < -0.39 is 0 Å². The summed E-state index contributed by atoms with van der Waals surface area (Å²) in [6.07, 6.45) is 4.85. The zero-order valence-corrected chi connectivity index (χ0v) is 13.2. The van der Waals surface area contributed by atoms with Crippen LogP contribution in [0.4, 0.5) is 4.79 Å². The van der Waals surface area contributed by atoms with Crippen molar-refractivity contribution in [3.8, 4) is 0 Å². The summed E-state index contributed by atoms with van der Waals surface area (Å²) in [5, 5.41) is 7.19. The van der Waals surface area contributed by atoms with Crippen LogP contribution in [0.3, 0.4) is 0 Å². The minimum atomic E-state index is 0.0104. The Morgan fingerprint density at radius 2 is 2.38 bits per heavy atom. The zero-order chi connectivity index (χ0) is 15.2. The molecular formula is C15H26N4O2. The Labute approximate surface area is 126 Å². The van der Waals surface area contributed by atoms with Crippen molar-refractivity contribution in [1.29, 1.82) is 0 Å². The Kier molecular flexibility index (Phi) is 5.61. The standard InChI is InChI=1S/C15H26N4O2/c1-12(10-19-7-4-6-17-19)9-16-15(20)18-8-5-13(2)14(11-18)21-3/h4,6-7,12-14H,5,8-11H2,1-3H3,(H,16,20). The molecule has 1 N–H and O–H groups in total. The smallest absolute Gasteiger partial charge is 0.317 e. The lowest BCUT2D eigenvalue weighted by molar-refractivity contribution is 0.00709. The van der Waals surface area contributed by atoms with Gasteiger partial charge in [-0.1, -0.05) is 13.8 Å². The second kappa shape index (κ2) is 7.45. The van der Waals surface area contributed by atoms with Gasteiger partial charge in [0, 0.05) is 45.7 Å². The minimum absolute atomic E-state index is 0.0104. The summed E-state index contributed by atoms with van der Waals surface area (Å²) in [5.74, 6) is 0.855. The molecule has 0 saturated carbocycles. The number of piperidine rings is 1. The Morgan fingerprint density at radius 1 is 1.57 bits per heavy atom. The van der Waals surface area contributed by atoms with Gasteiger partial charge in [0.25, 0.3) is 0 Å². The molecule has 0 aromatic carbocycles. The number of likely N-dealkylation sites (tertiary alicyclic amines) is 1. The molecule has 1 aromatic rings. The molecule has 0 bridgehead atoms. The predicted octanol–water partition coefficient (Wildman–Crippen LogP) is 1.59. The SMILES string of the molecule is COC1CN(C(=O)NCC(C)Cn2cccn2)CCC1C.